The molecule has 3 rings (SSSR count). The second kappa shape index (κ2) is 11.3. The summed E-state index contributed by atoms with van der Waals surface area (Å²) >= 11 is 0. The van der Waals surface area contributed by atoms with Crippen molar-refractivity contribution in [1.29, 1.82) is 0 Å². The summed E-state index contributed by atoms with van der Waals surface area (Å²) in [6, 6.07) is -0.808. The van der Waals surface area contributed by atoms with Crippen LogP contribution in [0.3, 0.4) is 0 Å². The summed E-state index contributed by atoms with van der Waals surface area (Å²) in [5.41, 5.74) is -4.35. The molecule has 2 aromatic heterocycles. The lowest BCUT2D eigenvalue weighted by Crippen LogP contribution is -2.47. The highest BCUT2D eigenvalue weighted by atomic mass is 19.4. The number of halogens is 6. The molecule has 0 aliphatic carbocycles. The Morgan fingerprint density at radius 3 is 2.41 bits per heavy atom. The van der Waals surface area contributed by atoms with Gasteiger partial charge in [0, 0.05) is 32.2 Å². The van der Waals surface area contributed by atoms with Gasteiger partial charge >= 0.3 is 12.4 Å². The van der Waals surface area contributed by atoms with Gasteiger partial charge in [-0.3, -0.25) is 9.59 Å². The Morgan fingerprint density at radius 1 is 1.16 bits per heavy atom. The van der Waals surface area contributed by atoms with Crippen molar-refractivity contribution in [3.63, 3.8) is 0 Å². The van der Waals surface area contributed by atoms with E-state index in [1.54, 1.807) is 17.0 Å². The van der Waals surface area contributed by atoms with Crippen LogP contribution in [0.25, 0.3) is 0 Å². The van der Waals surface area contributed by atoms with Crippen LogP contribution in [0.1, 0.15) is 31.0 Å². The number of nitrogens with one attached hydrogen (secondary N) is 2. The van der Waals surface area contributed by atoms with Gasteiger partial charge in [-0.05, 0) is 19.8 Å². The van der Waals surface area contributed by atoms with Crippen LogP contribution in [0.2, 0.25) is 0 Å². The van der Waals surface area contributed by atoms with Gasteiger partial charge in [0.25, 0.3) is 5.56 Å². The molecule has 1 unspecified atom stereocenters. The van der Waals surface area contributed by atoms with Gasteiger partial charge in [-0.2, -0.15) is 31.4 Å². The minimum Gasteiger partial charge on any atom is -0.378 e. The smallest absolute Gasteiger partial charge is 0.378 e. The van der Waals surface area contributed by atoms with Crippen LogP contribution in [0.4, 0.5) is 37.8 Å². The highest BCUT2D eigenvalue weighted by molar-refractivity contribution is 5.77. The maximum Gasteiger partial charge on any atom is 0.434 e. The number of likely N-dealkylation sites (N-methyl/N-ethyl adjacent to an activating group) is 1. The molecule has 0 spiro atoms. The minimum atomic E-state index is -4.88. The maximum absolute atomic E-state index is 13.1. The number of rotatable bonds is 8. The number of aromatic nitrogens is 4. The van der Waals surface area contributed by atoms with E-state index in [0.717, 1.165) is 12.4 Å². The molecule has 204 valence electrons. The predicted molar refractivity (Wildman–Crippen MR) is 119 cm³/mol. The molecule has 0 aromatic carbocycles. The second-order valence-electron chi connectivity index (χ2n) is 8.53. The second-order valence-corrected chi connectivity index (χ2v) is 8.53. The van der Waals surface area contributed by atoms with Crippen molar-refractivity contribution in [2.24, 2.45) is 0 Å². The SMILES string of the molecule is CC(COCC(=O)N(C)C1CCN(c2cnc(C(F)(F)F)cn2)CC1)Nc1cn[nH]c(=O)c1C(F)(F)F. The summed E-state index contributed by atoms with van der Waals surface area (Å²) in [6.45, 7) is 2.00. The Hall–Kier alpha value is -3.43. The highest BCUT2D eigenvalue weighted by Crippen LogP contribution is 2.31. The molecule has 16 heteroatoms. The lowest BCUT2D eigenvalue weighted by Gasteiger charge is -2.37. The Balaban J connectivity index is 1.44. The number of nitrogens with zero attached hydrogens (tertiary/aromatic N) is 5. The zero-order valence-corrected chi connectivity index (χ0v) is 19.9. The quantitative estimate of drug-likeness (QED) is 0.494. The van der Waals surface area contributed by atoms with E-state index >= 15 is 0 Å². The number of aromatic amines is 1. The Labute approximate surface area is 207 Å². The highest BCUT2D eigenvalue weighted by Gasteiger charge is 2.37. The number of anilines is 2. The summed E-state index contributed by atoms with van der Waals surface area (Å²) in [5, 5.41) is 7.64. The van der Waals surface area contributed by atoms with Crippen molar-refractivity contribution < 1.29 is 35.9 Å². The van der Waals surface area contributed by atoms with E-state index < -0.39 is 40.9 Å². The van der Waals surface area contributed by atoms with Gasteiger partial charge in [-0.15, -0.1) is 0 Å². The molecule has 0 saturated carbocycles. The monoisotopic (exact) mass is 537 g/mol. The van der Waals surface area contributed by atoms with Crippen LogP contribution < -0.4 is 15.8 Å². The summed E-state index contributed by atoms with van der Waals surface area (Å²) in [7, 11) is 1.60. The van der Waals surface area contributed by atoms with Gasteiger partial charge in [0.15, 0.2) is 5.69 Å². The molecule has 1 fully saturated rings. The summed E-state index contributed by atoms with van der Waals surface area (Å²) in [6.07, 6.45) is -5.77. The standard InChI is InChI=1S/C21H25F6N7O3/c1-12(31-14-7-30-32-19(36)18(14)21(25,26)27)10-37-11-17(35)33(2)13-3-5-34(6-4-13)16-9-28-15(8-29-16)20(22,23)24/h7-9,12-13H,3-6,10-11H2,1-2H3,(H2,31,32,36). The fourth-order valence-corrected chi connectivity index (χ4v) is 3.84. The molecule has 3 heterocycles. The molecule has 37 heavy (non-hydrogen) atoms. The number of carbonyl (C=O) groups excluding carboxylic acids is 1. The first-order valence-corrected chi connectivity index (χ1v) is 11.2. The van der Waals surface area contributed by atoms with Gasteiger partial charge in [-0.1, -0.05) is 0 Å². The van der Waals surface area contributed by atoms with Gasteiger partial charge in [0.1, 0.15) is 18.0 Å². The molecule has 10 nitrogen and oxygen atoms in total. The predicted octanol–water partition coefficient (Wildman–Crippen LogP) is 2.54. The molecular formula is C21H25F6N7O3. The first kappa shape index (κ1) is 28.1. The number of ether oxygens (including phenoxy) is 1. The third kappa shape index (κ3) is 7.30. The van der Waals surface area contributed by atoms with Crippen LogP contribution in [0.5, 0.6) is 0 Å². The number of hydrogen-bond acceptors (Lipinski definition) is 8. The van der Waals surface area contributed by atoms with Crippen molar-refractivity contribution in [3.05, 3.63) is 40.2 Å². The van der Waals surface area contributed by atoms with Crippen LogP contribution in [0.15, 0.2) is 23.4 Å². The van der Waals surface area contributed by atoms with E-state index in [1.807, 2.05) is 0 Å². The fraction of sp³-hybridized carbons (Fsp3) is 0.571. The number of piperidine rings is 1. The molecule has 1 aliphatic heterocycles. The van der Waals surface area contributed by atoms with Crippen molar-refractivity contribution in [2.75, 3.05) is 43.6 Å². The lowest BCUT2D eigenvalue weighted by molar-refractivity contribution is -0.141. The first-order valence-electron chi connectivity index (χ1n) is 11.2. The van der Waals surface area contributed by atoms with E-state index in [0.29, 0.717) is 37.9 Å². The Bertz CT molecular complexity index is 1120. The zero-order valence-electron chi connectivity index (χ0n) is 19.9. The minimum absolute atomic E-state index is 0.116. The third-order valence-corrected chi connectivity index (χ3v) is 5.79. The average molecular weight is 537 g/mol. The lowest BCUT2D eigenvalue weighted by atomic mass is 10.0. The summed E-state index contributed by atoms with van der Waals surface area (Å²) < 4.78 is 82.8. The van der Waals surface area contributed by atoms with Crippen LogP contribution in [-0.2, 0) is 21.9 Å². The van der Waals surface area contributed by atoms with E-state index in [9.17, 15) is 35.9 Å². The van der Waals surface area contributed by atoms with Crippen molar-refractivity contribution in [3.8, 4) is 0 Å². The molecule has 0 radical (unpaired) electrons. The van der Waals surface area contributed by atoms with Crippen LogP contribution in [-0.4, -0.2) is 76.4 Å². The van der Waals surface area contributed by atoms with Crippen LogP contribution in [0, 0.1) is 0 Å². The number of hydrogen-bond donors (Lipinski definition) is 2. The molecule has 2 aromatic rings. The fourth-order valence-electron chi connectivity index (χ4n) is 3.84. The molecule has 1 atom stereocenters. The summed E-state index contributed by atoms with van der Waals surface area (Å²) in [4.78, 5) is 34.6. The van der Waals surface area contributed by atoms with E-state index in [1.165, 1.54) is 11.8 Å². The van der Waals surface area contributed by atoms with E-state index in [-0.39, 0.29) is 25.2 Å². The first-order chi connectivity index (χ1) is 17.3. The number of carbonyl (C=O) groups is 1. The summed E-state index contributed by atoms with van der Waals surface area (Å²) in [5.74, 6) is -0.0247. The molecular weight excluding hydrogens is 512 g/mol. The maximum atomic E-state index is 13.1. The van der Waals surface area contributed by atoms with Crippen LogP contribution >= 0.6 is 0 Å². The third-order valence-electron chi connectivity index (χ3n) is 5.79. The molecule has 2 N–H and O–H groups in total. The van der Waals surface area contributed by atoms with Crippen molar-refractivity contribution in [2.45, 2.75) is 44.2 Å². The molecule has 1 aliphatic rings. The molecule has 1 amide bonds. The Kier molecular flexibility index (Phi) is 8.60. The van der Waals surface area contributed by atoms with E-state index in [2.05, 4.69) is 20.4 Å². The van der Waals surface area contributed by atoms with Crippen molar-refractivity contribution >= 4 is 17.4 Å². The normalized spacial score (nSPS) is 15.9. The Morgan fingerprint density at radius 2 is 1.84 bits per heavy atom. The largest absolute Gasteiger partial charge is 0.434 e. The zero-order chi connectivity index (χ0) is 27.4. The van der Waals surface area contributed by atoms with Gasteiger partial charge < -0.3 is 19.9 Å². The topological polar surface area (TPSA) is 116 Å². The molecule has 1 saturated heterocycles. The van der Waals surface area contributed by atoms with Gasteiger partial charge in [0.05, 0.1) is 30.9 Å². The number of alkyl halides is 6. The molecule has 0 bridgehead atoms. The average Bonchev–Trinajstić information content (AvgIpc) is 2.82. The van der Waals surface area contributed by atoms with Gasteiger partial charge in [0.2, 0.25) is 5.91 Å². The van der Waals surface area contributed by atoms with E-state index in [4.69, 9.17) is 4.74 Å². The number of H-pyrrole nitrogens is 1. The van der Waals surface area contributed by atoms with Gasteiger partial charge in [-0.25, -0.2) is 15.1 Å². The van der Waals surface area contributed by atoms with Crippen molar-refractivity contribution in [1.82, 2.24) is 25.1 Å². The number of amides is 1.